The summed E-state index contributed by atoms with van der Waals surface area (Å²) in [5.41, 5.74) is 3.44. The maximum atomic E-state index is 12.8. The van der Waals surface area contributed by atoms with E-state index in [9.17, 15) is 9.59 Å². The maximum absolute atomic E-state index is 12.8. The number of fused-ring (bicyclic) bond motifs is 2. The summed E-state index contributed by atoms with van der Waals surface area (Å²) in [6.45, 7) is 1.81. The second-order valence-electron chi connectivity index (χ2n) is 8.04. The second kappa shape index (κ2) is 9.19. The van der Waals surface area contributed by atoms with E-state index in [0.29, 0.717) is 17.7 Å². The molecule has 168 valence electrons. The number of imidazole rings is 1. The van der Waals surface area contributed by atoms with Crippen LogP contribution in [0.4, 0.5) is 5.69 Å². The van der Waals surface area contributed by atoms with Crippen LogP contribution >= 0.6 is 0 Å². The molecule has 1 heterocycles. The molecule has 0 aliphatic heterocycles. The molecule has 0 bridgehead atoms. The van der Waals surface area contributed by atoms with E-state index in [1.807, 2.05) is 79.7 Å². The third kappa shape index (κ3) is 4.38. The molecule has 5 rings (SSSR count). The van der Waals surface area contributed by atoms with Crippen LogP contribution in [0.15, 0.2) is 91.0 Å². The fourth-order valence-electron chi connectivity index (χ4n) is 3.88. The topological polar surface area (TPSA) is 84.1 Å². The quantitative estimate of drug-likeness (QED) is 0.313. The zero-order valence-electron chi connectivity index (χ0n) is 18.6. The number of carbonyl (C=O) groups is 2. The van der Waals surface area contributed by atoms with Crippen molar-refractivity contribution in [1.29, 1.82) is 0 Å². The molecule has 0 fully saturated rings. The van der Waals surface area contributed by atoms with Gasteiger partial charge in [0.1, 0.15) is 5.82 Å². The largest absolute Gasteiger partial charge is 0.449 e. The number of hydrogen-bond donors (Lipinski definition) is 2. The smallest absolute Gasteiger partial charge is 0.338 e. The summed E-state index contributed by atoms with van der Waals surface area (Å²) in [5, 5.41) is 4.97. The number of nitrogens with one attached hydrogen (secondary N) is 2. The first-order valence-electron chi connectivity index (χ1n) is 11.2. The maximum Gasteiger partial charge on any atom is 0.338 e. The molecule has 0 aliphatic rings. The minimum Gasteiger partial charge on any atom is -0.449 e. The van der Waals surface area contributed by atoms with Gasteiger partial charge >= 0.3 is 5.97 Å². The first kappa shape index (κ1) is 21.4. The van der Waals surface area contributed by atoms with Gasteiger partial charge in [0.05, 0.1) is 16.6 Å². The van der Waals surface area contributed by atoms with E-state index < -0.39 is 12.1 Å². The highest BCUT2D eigenvalue weighted by molar-refractivity contribution is 6.00. The second-order valence-corrected chi connectivity index (χ2v) is 8.04. The van der Waals surface area contributed by atoms with E-state index in [4.69, 9.17) is 4.74 Å². The molecule has 0 spiro atoms. The van der Waals surface area contributed by atoms with Gasteiger partial charge in [0.2, 0.25) is 0 Å². The Morgan fingerprint density at radius 3 is 2.47 bits per heavy atom. The molecule has 0 radical (unpaired) electrons. The fraction of sp³-hybridized carbons (Fsp3) is 0.107. The summed E-state index contributed by atoms with van der Waals surface area (Å²) in [7, 11) is 0. The van der Waals surface area contributed by atoms with Gasteiger partial charge < -0.3 is 15.0 Å². The average Bonchev–Trinajstić information content (AvgIpc) is 3.31. The molecule has 34 heavy (non-hydrogen) atoms. The molecule has 1 amide bonds. The van der Waals surface area contributed by atoms with Gasteiger partial charge in [0.15, 0.2) is 6.10 Å². The van der Waals surface area contributed by atoms with Crippen LogP contribution in [0.25, 0.3) is 33.2 Å². The summed E-state index contributed by atoms with van der Waals surface area (Å²) < 4.78 is 5.56. The van der Waals surface area contributed by atoms with Crippen LogP contribution in [0.2, 0.25) is 0 Å². The van der Waals surface area contributed by atoms with Gasteiger partial charge in [-0.1, -0.05) is 67.6 Å². The third-order valence-corrected chi connectivity index (χ3v) is 5.69. The Bertz CT molecular complexity index is 1490. The molecule has 1 unspecified atom stereocenters. The monoisotopic (exact) mass is 449 g/mol. The van der Waals surface area contributed by atoms with E-state index in [1.165, 1.54) is 0 Å². The lowest BCUT2D eigenvalue weighted by Gasteiger charge is -2.16. The molecule has 1 aromatic heterocycles. The van der Waals surface area contributed by atoms with E-state index in [2.05, 4.69) is 15.3 Å². The Morgan fingerprint density at radius 2 is 1.68 bits per heavy atom. The minimum atomic E-state index is -0.906. The Morgan fingerprint density at radius 1 is 0.912 bits per heavy atom. The molecule has 6 heteroatoms. The standard InChI is InChI=1S/C28H23N3O3/c1-2-25(27(32)29-22-14-12-18-8-6-7-11-20(18)16-22)34-28(33)21-13-15-23-24(17-21)31-26(30-23)19-9-4-3-5-10-19/h3-17,25H,2H2,1H3,(H,29,32)(H,30,31). The van der Waals surface area contributed by atoms with Crippen LogP contribution in [0.1, 0.15) is 23.7 Å². The van der Waals surface area contributed by atoms with Crippen molar-refractivity contribution < 1.29 is 14.3 Å². The van der Waals surface area contributed by atoms with Crippen LogP contribution < -0.4 is 5.32 Å². The first-order valence-corrected chi connectivity index (χ1v) is 11.2. The van der Waals surface area contributed by atoms with Crippen LogP contribution in [-0.2, 0) is 9.53 Å². The van der Waals surface area contributed by atoms with Crippen molar-refractivity contribution in [1.82, 2.24) is 9.97 Å². The van der Waals surface area contributed by atoms with Crippen LogP contribution in [-0.4, -0.2) is 27.9 Å². The number of aromatic amines is 1. The van der Waals surface area contributed by atoms with Crippen LogP contribution in [0, 0.1) is 0 Å². The minimum absolute atomic E-state index is 0.354. The zero-order chi connectivity index (χ0) is 23.5. The number of nitrogens with zero attached hydrogens (tertiary/aromatic N) is 1. The molecule has 0 saturated heterocycles. The SMILES string of the molecule is CCC(OC(=O)c1ccc2nc(-c3ccccc3)[nH]c2c1)C(=O)Nc1ccc2ccccc2c1. The van der Waals surface area contributed by atoms with Crippen molar-refractivity contribution in [3.63, 3.8) is 0 Å². The normalized spacial score (nSPS) is 11.9. The Kier molecular flexibility index (Phi) is 5.79. The fourth-order valence-corrected chi connectivity index (χ4v) is 3.88. The van der Waals surface area contributed by atoms with Crippen molar-refractivity contribution in [3.8, 4) is 11.4 Å². The molecule has 0 saturated carbocycles. The van der Waals surface area contributed by atoms with Crippen LogP contribution in [0.3, 0.4) is 0 Å². The van der Waals surface area contributed by atoms with Crippen LogP contribution in [0.5, 0.6) is 0 Å². The number of esters is 1. The van der Waals surface area contributed by atoms with Crippen molar-refractivity contribution in [3.05, 3.63) is 96.6 Å². The van der Waals surface area contributed by atoms with Crippen molar-refractivity contribution in [2.75, 3.05) is 5.32 Å². The average molecular weight is 450 g/mol. The number of H-pyrrole nitrogens is 1. The van der Waals surface area contributed by atoms with Crippen molar-refractivity contribution >= 4 is 39.4 Å². The van der Waals surface area contributed by atoms with Gasteiger partial charge in [0, 0.05) is 11.3 Å². The van der Waals surface area contributed by atoms with Gasteiger partial charge in [0.25, 0.3) is 5.91 Å². The zero-order valence-corrected chi connectivity index (χ0v) is 18.6. The lowest BCUT2D eigenvalue weighted by molar-refractivity contribution is -0.124. The van der Waals surface area contributed by atoms with Gasteiger partial charge in [-0.3, -0.25) is 4.79 Å². The van der Waals surface area contributed by atoms with Crippen molar-refractivity contribution in [2.24, 2.45) is 0 Å². The van der Waals surface area contributed by atoms with E-state index >= 15 is 0 Å². The number of rotatable bonds is 6. The predicted octanol–water partition coefficient (Wildman–Crippen LogP) is 5.96. The molecule has 4 aromatic carbocycles. The molecule has 2 N–H and O–H groups in total. The molecule has 5 aromatic rings. The molecular formula is C28H23N3O3. The molecule has 1 atom stereocenters. The van der Waals surface area contributed by atoms with Gasteiger partial charge in [-0.05, 0) is 47.5 Å². The summed E-state index contributed by atoms with van der Waals surface area (Å²) in [5.74, 6) is -0.194. The van der Waals surface area contributed by atoms with Gasteiger partial charge in [-0.15, -0.1) is 0 Å². The summed E-state index contributed by atoms with van der Waals surface area (Å²) in [6.07, 6.45) is -0.549. The molecule has 6 nitrogen and oxygen atoms in total. The summed E-state index contributed by atoms with van der Waals surface area (Å²) in [4.78, 5) is 33.5. The van der Waals surface area contributed by atoms with Crippen molar-refractivity contribution in [2.45, 2.75) is 19.4 Å². The Labute approximate surface area is 196 Å². The lowest BCUT2D eigenvalue weighted by Crippen LogP contribution is -2.32. The number of carbonyl (C=O) groups excluding carboxylic acids is 2. The molecular weight excluding hydrogens is 426 g/mol. The first-order chi connectivity index (χ1) is 16.6. The highest BCUT2D eigenvalue weighted by Gasteiger charge is 2.22. The predicted molar refractivity (Wildman–Crippen MR) is 134 cm³/mol. The molecule has 0 aliphatic carbocycles. The number of aromatic nitrogens is 2. The van der Waals surface area contributed by atoms with Gasteiger partial charge in [-0.2, -0.15) is 0 Å². The number of ether oxygens (including phenoxy) is 1. The van der Waals surface area contributed by atoms with E-state index in [0.717, 1.165) is 33.2 Å². The number of amides is 1. The lowest BCUT2D eigenvalue weighted by atomic mass is 10.1. The van der Waals surface area contributed by atoms with E-state index in [1.54, 1.807) is 18.2 Å². The summed E-state index contributed by atoms with van der Waals surface area (Å²) >= 11 is 0. The highest BCUT2D eigenvalue weighted by atomic mass is 16.5. The Hall–Kier alpha value is -4.45. The van der Waals surface area contributed by atoms with E-state index in [-0.39, 0.29) is 5.91 Å². The highest BCUT2D eigenvalue weighted by Crippen LogP contribution is 2.22. The summed E-state index contributed by atoms with van der Waals surface area (Å²) in [6, 6.07) is 28.5. The number of anilines is 1. The third-order valence-electron chi connectivity index (χ3n) is 5.69. The van der Waals surface area contributed by atoms with Gasteiger partial charge in [-0.25, -0.2) is 9.78 Å². The number of hydrogen-bond acceptors (Lipinski definition) is 4. The number of benzene rings is 4. The Balaban J connectivity index is 1.30.